The fourth-order valence-electron chi connectivity index (χ4n) is 0.979. The van der Waals surface area contributed by atoms with Gasteiger partial charge in [-0.15, -0.1) is 0 Å². The summed E-state index contributed by atoms with van der Waals surface area (Å²) in [6.07, 6.45) is 1.18. The maximum atomic E-state index is 10.4. The van der Waals surface area contributed by atoms with Gasteiger partial charge in [0.05, 0.1) is 0 Å². The molecule has 0 aliphatic heterocycles. The van der Waals surface area contributed by atoms with Crippen LogP contribution in [-0.2, 0) is 9.59 Å². The molecule has 5 nitrogen and oxygen atoms in total. The number of hydrogen-bond acceptors (Lipinski definition) is 3. The summed E-state index contributed by atoms with van der Waals surface area (Å²) in [4.78, 5) is 20.9. The Balaban J connectivity index is 2.86. The molecule has 5 heteroatoms. The maximum absolute atomic E-state index is 10.4. The van der Waals surface area contributed by atoms with Crippen LogP contribution in [0.5, 0.6) is 0 Å². The van der Waals surface area contributed by atoms with E-state index in [0.29, 0.717) is 12.8 Å². The lowest BCUT2D eigenvalue weighted by molar-refractivity contribution is -0.158. The first kappa shape index (κ1) is 8.00. The number of rotatable bonds is 3. The SMILES string of the molecule is NC(C(=O)O)(C(=O)O)C1CC1. The predicted octanol–water partition coefficient (Wildman–Crippen LogP) is -0.737. The van der Waals surface area contributed by atoms with Crippen molar-refractivity contribution in [1.82, 2.24) is 0 Å². The lowest BCUT2D eigenvalue weighted by atomic mass is 9.95. The summed E-state index contributed by atoms with van der Waals surface area (Å²) in [6, 6.07) is 0. The van der Waals surface area contributed by atoms with E-state index in [-0.39, 0.29) is 0 Å². The summed E-state index contributed by atoms with van der Waals surface area (Å²) in [7, 11) is 0. The van der Waals surface area contributed by atoms with Crippen molar-refractivity contribution >= 4 is 11.9 Å². The Kier molecular flexibility index (Phi) is 1.60. The van der Waals surface area contributed by atoms with E-state index in [1.807, 2.05) is 0 Å². The summed E-state index contributed by atoms with van der Waals surface area (Å²) in [6.45, 7) is 0. The molecular weight excluding hydrogens is 150 g/mol. The Bertz CT molecular complexity index is 195. The van der Waals surface area contributed by atoms with Gasteiger partial charge in [0, 0.05) is 0 Å². The molecule has 0 bridgehead atoms. The molecule has 0 unspecified atom stereocenters. The quantitative estimate of drug-likeness (QED) is 0.471. The van der Waals surface area contributed by atoms with Crippen LogP contribution in [0.1, 0.15) is 12.8 Å². The smallest absolute Gasteiger partial charge is 0.335 e. The van der Waals surface area contributed by atoms with Crippen LogP contribution >= 0.6 is 0 Å². The van der Waals surface area contributed by atoms with Crippen molar-refractivity contribution in [3.63, 3.8) is 0 Å². The van der Waals surface area contributed by atoms with Crippen molar-refractivity contribution in [1.29, 1.82) is 0 Å². The molecule has 0 aromatic rings. The molecule has 1 rings (SSSR count). The normalized spacial score (nSPS) is 17.9. The molecule has 4 N–H and O–H groups in total. The van der Waals surface area contributed by atoms with Gasteiger partial charge in [0.25, 0.3) is 0 Å². The monoisotopic (exact) mass is 159 g/mol. The molecule has 0 radical (unpaired) electrons. The van der Waals surface area contributed by atoms with Crippen LogP contribution in [0.4, 0.5) is 0 Å². The molecule has 0 heterocycles. The Morgan fingerprint density at radius 1 is 1.27 bits per heavy atom. The molecule has 0 aromatic carbocycles. The molecule has 1 aliphatic rings. The Labute approximate surface area is 62.8 Å². The van der Waals surface area contributed by atoms with Gasteiger partial charge >= 0.3 is 11.9 Å². The van der Waals surface area contributed by atoms with Crippen LogP contribution in [0.15, 0.2) is 0 Å². The van der Waals surface area contributed by atoms with Crippen LogP contribution < -0.4 is 5.73 Å². The lowest BCUT2D eigenvalue weighted by Gasteiger charge is -2.17. The zero-order valence-electron chi connectivity index (χ0n) is 5.78. The highest BCUT2D eigenvalue weighted by atomic mass is 16.4. The summed E-state index contributed by atoms with van der Waals surface area (Å²) in [5, 5.41) is 17.0. The van der Waals surface area contributed by atoms with Gasteiger partial charge in [-0.25, -0.2) is 9.59 Å². The molecule has 1 aliphatic carbocycles. The van der Waals surface area contributed by atoms with Gasteiger partial charge in [-0.1, -0.05) is 0 Å². The second-order valence-electron chi connectivity index (χ2n) is 2.75. The molecular formula is C6H9NO4. The number of carboxylic acids is 2. The highest BCUT2D eigenvalue weighted by Gasteiger charge is 2.54. The molecule has 0 aromatic heterocycles. The number of carbonyl (C=O) groups is 2. The van der Waals surface area contributed by atoms with E-state index in [1.54, 1.807) is 0 Å². The van der Waals surface area contributed by atoms with E-state index in [4.69, 9.17) is 15.9 Å². The molecule has 62 valence electrons. The lowest BCUT2D eigenvalue weighted by Crippen LogP contribution is -2.56. The van der Waals surface area contributed by atoms with Crippen LogP contribution in [0.2, 0.25) is 0 Å². The fraction of sp³-hybridized carbons (Fsp3) is 0.667. The average Bonchev–Trinajstić information content (AvgIpc) is 2.66. The number of aliphatic carboxylic acids is 2. The standard InChI is InChI=1S/C6H9NO4/c7-6(4(8)9,5(10)11)3-1-2-3/h3H,1-2,7H2,(H,8,9)(H,10,11). The van der Waals surface area contributed by atoms with E-state index in [2.05, 4.69) is 0 Å². The van der Waals surface area contributed by atoms with Crippen molar-refractivity contribution in [3.8, 4) is 0 Å². The minimum absolute atomic E-state index is 0.391. The van der Waals surface area contributed by atoms with Gasteiger partial charge in [0.15, 0.2) is 0 Å². The zero-order chi connectivity index (χ0) is 8.65. The van der Waals surface area contributed by atoms with Gasteiger partial charge in [-0.2, -0.15) is 0 Å². The predicted molar refractivity (Wildman–Crippen MR) is 34.9 cm³/mol. The van der Waals surface area contributed by atoms with Crippen molar-refractivity contribution in [2.45, 2.75) is 18.4 Å². The number of carboxylic acid groups (broad SMARTS) is 2. The highest BCUT2D eigenvalue weighted by Crippen LogP contribution is 2.38. The molecule has 11 heavy (non-hydrogen) atoms. The largest absolute Gasteiger partial charge is 0.479 e. The van der Waals surface area contributed by atoms with Gasteiger partial charge in [0.1, 0.15) is 0 Å². The second-order valence-corrected chi connectivity index (χ2v) is 2.75. The van der Waals surface area contributed by atoms with Crippen molar-refractivity contribution < 1.29 is 19.8 Å². The van der Waals surface area contributed by atoms with Crippen molar-refractivity contribution in [3.05, 3.63) is 0 Å². The third-order valence-electron chi connectivity index (χ3n) is 1.93. The summed E-state index contributed by atoms with van der Waals surface area (Å²) in [5.41, 5.74) is 3.13. The van der Waals surface area contributed by atoms with Crippen molar-refractivity contribution in [2.24, 2.45) is 11.7 Å². The van der Waals surface area contributed by atoms with Crippen LogP contribution in [0.3, 0.4) is 0 Å². The topological polar surface area (TPSA) is 101 Å². The molecule has 0 saturated heterocycles. The third kappa shape index (κ3) is 1.07. The maximum Gasteiger partial charge on any atom is 0.335 e. The number of hydrogen-bond donors (Lipinski definition) is 3. The summed E-state index contributed by atoms with van der Waals surface area (Å²) in [5.74, 6) is -3.29. The van der Waals surface area contributed by atoms with E-state index >= 15 is 0 Å². The molecule has 0 spiro atoms. The molecule has 1 saturated carbocycles. The summed E-state index contributed by atoms with van der Waals surface area (Å²) < 4.78 is 0. The number of nitrogens with two attached hydrogens (primary N) is 1. The van der Waals surface area contributed by atoms with Crippen molar-refractivity contribution in [2.75, 3.05) is 0 Å². The first-order valence-corrected chi connectivity index (χ1v) is 3.25. The Hall–Kier alpha value is -1.10. The first-order valence-electron chi connectivity index (χ1n) is 3.25. The fourth-order valence-corrected chi connectivity index (χ4v) is 0.979. The van der Waals surface area contributed by atoms with Gasteiger partial charge < -0.3 is 15.9 Å². The minimum Gasteiger partial charge on any atom is -0.479 e. The summed E-state index contributed by atoms with van der Waals surface area (Å²) >= 11 is 0. The zero-order valence-corrected chi connectivity index (χ0v) is 5.78. The van der Waals surface area contributed by atoms with Gasteiger partial charge in [0.2, 0.25) is 5.54 Å². The molecule has 0 amide bonds. The van der Waals surface area contributed by atoms with Gasteiger partial charge in [-0.3, -0.25) is 0 Å². The van der Waals surface area contributed by atoms with E-state index < -0.39 is 23.4 Å². The molecule has 1 fully saturated rings. The highest BCUT2D eigenvalue weighted by molar-refractivity contribution is 6.03. The second kappa shape index (κ2) is 2.20. The van der Waals surface area contributed by atoms with Gasteiger partial charge in [-0.05, 0) is 18.8 Å². The third-order valence-corrected chi connectivity index (χ3v) is 1.93. The van der Waals surface area contributed by atoms with E-state index in [0.717, 1.165) is 0 Å². The van der Waals surface area contributed by atoms with Crippen LogP contribution in [0, 0.1) is 5.92 Å². The first-order chi connectivity index (χ1) is 4.99. The van der Waals surface area contributed by atoms with E-state index in [9.17, 15) is 9.59 Å². The molecule has 0 atom stereocenters. The Morgan fingerprint density at radius 2 is 1.64 bits per heavy atom. The Morgan fingerprint density at radius 3 is 1.73 bits per heavy atom. The minimum atomic E-state index is -2.06. The average molecular weight is 159 g/mol. The van der Waals surface area contributed by atoms with E-state index in [1.165, 1.54) is 0 Å². The van der Waals surface area contributed by atoms with Crippen LogP contribution in [0.25, 0.3) is 0 Å². The van der Waals surface area contributed by atoms with Crippen LogP contribution in [-0.4, -0.2) is 27.7 Å².